The lowest BCUT2D eigenvalue weighted by Crippen LogP contribution is -2.13. The standard InChI is InChI=1S/C15H15BrFN3O/c1-9-6-12(16)13(17)7-14(9)19-8-10-2-4-11(5-3-10)15(18)20-21/h2-7,19,21H,8H2,1H3,(H2,18,20). The van der Waals surface area contributed by atoms with E-state index in [1.165, 1.54) is 6.07 Å². The molecule has 21 heavy (non-hydrogen) atoms. The molecule has 0 amide bonds. The molecule has 2 rings (SSSR count). The Kier molecular flexibility index (Phi) is 4.80. The zero-order valence-electron chi connectivity index (χ0n) is 11.4. The van der Waals surface area contributed by atoms with E-state index >= 15 is 0 Å². The number of hydrogen-bond acceptors (Lipinski definition) is 3. The van der Waals surface area contributed by atoms with Gasteiger partial charge in [0.2, 0.25) is 0 Å². The highest BCUT2D eigenvalue weighted by Crippen LogP contribution is 2.24. The molecule has 0 aliphatic heterocycles. The molecule has 0 saturated heterocycles. The molecule has 0 fully saturated rings. The van der Waals surface area contributed by atoms with Crippen LogP contribution in [0.2, 0.25) is 0 Å². The van der Waals surface area contributed by atoms with Gasteiger partial charge in [-0.3, -0.25) is 0 Å². The second-order valence-corrected chi connectivity index (χ2v) is 5.47. The Morgan fingerprint density at radius 2 is 2.00 bits per heavy atom. The van der Waals surface area contributed by atoms with Crippen molar-refractivity contribution in [2.75, 3.05) is 5.32 Å². The van der Waals surface area contributed by atoms with E-state index in [0.29, 0.717) is 16.6 Å². The second-order valence-electron chi connectivity index (χ2n) is 4.62. The van der Waals surface area contributed by atoms with Gasteiger partial charge in [0, 0.05) is 17.8 Å². The predicted octanol–water partition coefficient (Wildman–Crippen LogP) is 3.60. The largest absolute Gasteiger partial charge is 0.409 e. The number of anilines is 1. The lowest BCUT2D eigenvalue weighted by atomic mass is 10.1. The van der Waals surface area contributed by atoms with E-state index in [2.05, 4.69) is 26.4 Å². The summed E-state index contributed by atoms with van der Waals surface area (Å²) in [4.78, 5) is 0. The minimum Gasteiger partial charge on any atom is -0.409 e. The number of nitrogens with one attached hydrogen (secondary N) is 1. The smallest absolute Gasteiger partial charge is 0.170 e. The third-order valence-corrected chi connectivity index (χ3v) is 3.72. The third-order valence-electron chi connectivity index (χ3n) is 3.11. The van der Waals surface area contributed by atoms with E-state index in [1.54, 1.807) is 18.2 Å². The van der Waals surface area contributed by atoms with Crippen LogP contribution in [0, 0.1) is 12.7 Å². The molecule has 4 N–H and O–H groups in total. The number of oxime groups is 1. The molecule has 6 heteroatoms. The Hall–Kier alpha value is -2.08. The van der Waals surface area contributed by atoms with Crippen LogP contribution in [0.5, 0.6) is 0 Å². The van der Waals surface area contributed by atoms with Gasteiger partial charge in [0.15, 0.2) is 5.84 Å². The van der Waals surface area contributed by atoms with Crippen LogP contribution in [0.3, 0.4) is 0 Å². The highest BCUT2D eigenvalue weighted by Gasteiger charge is 2.05. The van der Waals surface area contributed by atoms with Crippen LogP contribution < -0.4 is 11.1 Å². The van der Waals surface area contributed by atoms with Crippen molar-refractivity contribution in [3.8, 4) is 0 Å². The maximum Gasteiger partial charge on any atom is 0.170 e. The molecule has 2 aromatic rings. The Morgan fingerprint density at radius 1 is 1.33 bits per heavy atom. The number of hydrogen-bond donors (Lipinski definition) is 3. The summed E-state index contributed by atoms with van der Waals surface area (Å²) in [5.41, 5.74) is 8.85. The third kappa shape index (κ3) is 3.72. The lowest BCUT2D eigenvalue weighted by molar-refractivity contribution is 0.318. The van der Waals surface area contributed by atoms with Gasteiger partial charge in [-0.05, 0) is 46.1 Å². The van der Waals surface area contributed by atoms with Gasteiger partial charge in [0.1, 0.15) is 5.82 Å². The SMILES string of the molecule is Cc1cc(Br)c(F)cc1NCc1ccc(/C(N)=N/O)cc1. The average Bonchev–Trinajstić information content (AvgIpc) is 2.49. The van der Waals surface area contributed by atoms with Gasteiger partial charge in [0.25, 0.3) is 0 Å². The molecule has 110 valence electrons. The molecular formula is C15H15BrFN3O. The van der Waals surface area contributed by atoms with E-state index in [-0.39, 0.29) is 11.7 Å². The fourth-order valence-electron chi connectivity index (χ4n) is 1.89. The molecule has 0 saturated carbocycles. The van der Waals surface area contributed by atoms with Crippen LogP contribution in [0.1, 0.15) is 16.7 Å². The van der Waals surface area contributed by atoms with Crippen LogP contribution in [-0.2, 0) is 6.54 Å². The summed E-state index contributed by atoms with van der Waals surface area (Å²) in [6.07, 6.45) is 0. The van der Waals surface area contributed by atoms with Crippen LogP contribution in [0.4, 0.5) is 10.1 Å². The van der Waals surface area contributed by atoms with E-state index in [9.17, 15) is 4.39 Å². The first kappa shape index (κ1) is 15.3. The molecule has 0 atom stereocenters. The number of halogens is 2. The molecule has 2 aromatic carbocycles. The monoisotopic (exact) mass is 351 g/mol. The van der Waals surface area contributed by atoms with Gasteiger partial charge in [-0.15, -0.1) is 0 Å². The lowest BCUT2D eigenvalue weighted by Gasteiger charge is -2.11. The van der Waals surface area contributed by atoms with Crippen molar-refractivity contribution in [2.24, 2.45) is 10.9 Å². The zero-order valence-corrected chi connectivity index (χ0v) is 13.0. The number of aryl methyl sites for hydroxylation is 1. The summed E-state index contributed by atoms with van der Waals surface area (Å²) in [6.45, 7) is 2.46. The van der Waals surface area contributed by atoms with Gasteiger partial charge >= 0.3 is 0 Å². The summed E-state index contributed by atoms with van der Waals surface area (Å²) in [7, 11) is 0. The maximum absolute atomic E-state index is 13.5. The number of amidine groups is 1. The summed E-state index contributed by atoms with van der Waals surface area (Å²) in [5.74, 6) is -0.231. The number of nitrogens with zero attached hydrogens (tertiary/aromatic N) is 1. The molecule has 0 spiro atoms. The molecule has 0 radical (unpaired) electrons. The highest BCUT2D eigenvalue weighted by molar-refractivity contribution is 9.10. The number of nitrogens with two attached hydrogens (primary N) is 1. The molecule has 0 heterocycles. The molecule has 0 bridgehead atoms. The van der Waals surface area contributed by atoms with Crippen molar-refractivity contribution >= 4 is 27.5 Å². The van der Waals surface area contributed by atoms with Crippen molar-refractivity contribution in [1.82, 2.24) is 0 Å². The van der Waals surface area contributed by atoms with Crippen molar-refractivity contribution in [2.45, 2.75) is 13.5 Å². The topological polar surface area (TPSA) is 70.6 Å². The fourth-order valence-corrected chi connectivity index (χ4v) is 2.34. The van der Waals surface area contributed by atoms with E-state index < -0.39 is 0 Å². The first-order valence-electron chi connectivity index (χ1n) is 6.27. The van der Waals surface area contributed by atoms with Gasteiger partial charge in [-0.1, -0.05) is 29.4 Å². The van der Waals surface area contributed by atoms with Crippen LogP contribution in [0.25, 0.3) is 0 Å². The molecule has 4 nitrogen and oxygen atoms in total. The summed E-state index contributed by atoms with van der Waals surface area (Å²) < 4.78 is 14.0. The van der Waals surface area contributed by atoms with Crippen molar-refractivity contribution in [3.05, 3.63) is 63.4 Å². The highest BCUT2D eigenvalue weighted by atomic mass is 79.9. The van der Waals surface area contributed by atoms with Crippen LogP contribution in [0.15, 0.2) is 46.0 Å². The van der Waals surface area contributed by atoms with Gasteiger partial charge < -0.3 is 16.3 Å². The summed E-state index contributed by atoms with van der Waals surface area (Å²) in [5, 5.41) is 14.7. The molecule has 0 aliphatic carbocycles. The van der Waals surface area contributed by atoms with Gasteiger partial charge in [0.05, 0.1) is 4.47 Å². The minimum atomic E-state index is -0.301. The predicted molar refractivity (Wildman–Crippen MR) is 85.1 cm³/mol. The zero-order chi connectivity index (χ0) is 15.4. The van der Waals surface area contributed by atoms with E-state index in [0.717, 1.165) is 16.8 Å². The van der Waals surface area contributed by atoms with E-state index in [4.69, 9.17) is 10.9 Å². The number of benzene rings is 2. The van der Waals surface area contributed by atoms with Crippen molar-refractivity contribution in [1.29, 1.82) is 0 Å². The van der Waals surface area contributed by atoms with Gasteiger partial charge in [-0.25, -0.2) is 4.39 Å². The molecule has 0 aliphatic rings. The Morgan fingerprint density at radius 3 is 2.62 bits per heavy atom. The van der Waals surface area contributed by atoms with Crippen LogP contribution in [-0.4, -0.2) is 11.0 Å². The first-order chi connectivity index (χ1) is 10.0. The average molecular weight is 352 g/mol. The molecular weight excluding hydrogens is 337 g/mol. The Labute approximate surface area is 130 Å². The summed E-state index contributed by atoms with van der Waals surface area (Å²) in [6, 6.07) is 10.5. The quantitative estimate of drug-likeness (QED) is 0.341. The Bertz CT molecular complexity index is 671. The van der Waals surface area contributed by atoms with Gasteiger partial charge in [-0.2, -0.15) is 0 Å². The molecule has 0 aromatic heterocycles. The second kappa shape index (κ2) is 6.58. The Balaban J connectivity index is 2.08. The first-order valence-corrected chi connectivity index (χ1v) is 7.07. The van der Waals surface area contributed by atoms with Crippen LogP contribution >= 0.6 is 15.9 Å². The molecule has 0 unspecified atom stereocenters. The maximum atomic E-state index is 13.5. The minimum absolute atomic E-state index is 0.0698. The fraction of sp³-hybridized carbons (Fsp3) is 0.133. The van der Waals surface area contributed by atoms with Crippen molar-refractivity contribution in [3.63, 3.8) is 0 Å². The normalized spacial score (nSPS) is 11.5. The van der Waals surface area contributed by atoms with Crippen molar-refractivity contribution < 1.29 is 9.60 Å². The number of rotatable bonds is 4. The summed E-state index contributed by atoms with van der Waals surface area (Å²) >= 11 is 3.16. The van der Waals surface area contributed by atoms with E-state index in [1.807, 2.05) is 19.1 Å².